The van der Waals surface area contributed by atoms with Crippen LogP contribution < -0.4 is 0 Å². The van der Waals surface area contributed by atoms with E-state index < -0.39 is 14.5 Å². The fourth-order valence-corrected chi connectivity index (χ4v) is 2.11. The third-order valence-electron chi connectivity index (χ3n) is 1.62. The predicted molar refractivity (Wildman–Crippen MR) is 40.6 cm³/mol. The molecule has 1 aliphatic heterocycles. The minimum Gasteiger partial charge on any atom is -0.355 e. The van der Waals surface area contributed by atoms with Crippen molar-refractivity contribution in [2.75, 3.05) is 13.7 Å². The molecule has 0 radical (unpaired) electrons. The summed E-state index contributed by atoms with van der Waals surface area (Å²) < 4.78 is 25.6. The highest BCUT2D eigenvalue weighted by Gasteiger charge is 2.37. The molecule has 0 saturated carbocycles. The summed E-state index contributed by atoms with van der Waals surface area (Å²) in [5.41, 5.74) is -0.215. The summed E-state index contributed by atoms with van der Waals surface area (Å²) in [5.74, 6) is 0. The van der Waals surface area contributed by atoms with Gasteiger partial charge >= 0.3 is 8.25 Å². The SMILES string of the molecule is COC1O[PH](=O)OCC1(C)C. The lowest BCUT2D eigenvalue weighted by molar-refractivity contribution is -0.162. The number of rotatable bonds is 1. The molecule has 0 aromatic rings. The Morgan fingerprint density at radius 2 is 2.27 bits per heavy atom. The molecule has 0 aromatic carbocycles. The van der Waals surface area contributed by atoms with Crippen molar-refractivity contribution >= 4 is 8.25 Å². The Balaban J connectivity index is 2.63. The third-order valence-corrected chi connectivity index (χ3v) is 2.40. The van der Waals surface area contributed by atoms with Crippen LogP contribution in [-0.2, 0) is 18.3 Å². The molecule has 5 heteroatoms. The van der Waals surface area contributed by atoms with E-state index in [1.54, 1.807) is 0 Å². The Morgan fingerprint density at radius 3 is 2.73 bits per heavy atom. The third kappa shape index (κ3) is 2.03. The van der Waals surface area contributed by atoms with E-state index in [1.165, 1.54) is 7.11 Å². The van der Waals surface area contributed by atoms with Gasteiger partial charge in [0, 0.05) is 12.5 Å². The fraction of sp³-hybridized carbons (Fsp3) is 1.00. The Bertz CT molecular complexity index is 168. The van der Waals surface area contributed by atoms with Gasteiger partial charge in [-0.1, -0.05) is 13.8 Å². The van der Waals surface area contributed by atoms with Crippen molar-refractivity contribution in [1.29, 1.82) is 0 Å². The van der Waals surface area contributed by atoms with Gasteiger partial charge in [0.1, 0.15) is 0 Å². The molecule has 1 fully saturated rings. The normalized spacial score (nSPS) is 37.0. The summed E-state index contributed by atoms with van der Waals surface area (Å²) >= 11 is 0. The average Bonchev–Trinajstić information content (AvgIpc) is 1.94. The highest BCUT2D eigenvalue weighted by Crippen LogP contribution is 2.41. The second-order valence-electron chi connectivity index (χ2n) is 3.21. The minimum absolute atomic E-state index is 0.215. The minimum atomic E-state index is -2.30. The van der Waals surface area contributed by atoms with Crippen LogP contribution >= 0.6 is 8.25 Å². The summed E-state index contributed by atoms with van der Waals surface area (Å²) in [6, 6.07) is 0. The van der Waals surface area contributed by atoms with Crippen molar-refractivity contribution in [3.63, 3.8) is 0 Å². The summed E-state index contributed by atoms with van der Waals surface area (Å²) in [4.78, 5) is 0. The van der Waals surface area contributed by atoms with Gasteiger partial charge in [0.2, 0.25) is 0 Å². The quantitative estimate of drug-likeness (QED) is 0.572. The summed E-state index contributed by atoms with van der Waals surface area (Å²) in [5, 5.41) is 0. The first-order chi connectivity index (χ1) is 5.06. The summed E-state index contributed by atoms with van der Waals surface area (Å²) in [6.45, 7) is 4.30. The highest BCUT2D eigenvalue weighted by atomic mass is 31.1. The molecule has 0 spiro atoms. The van der Waals surface area contributed by atoms with E-state index in [0.717, 1.165) is 0 Å². The fourth-order valence-electron chi connectivity index (χ4n) is 0.961. The molecular weight excluding hydrogens is 167 g/mol. The monoisotopic (exact) mass is 180 g/mol. The first kappa shape index (κ1) is 9.20. The van der Waals surface area contributed by atoms with E-state index >= 15 is 0 Å². The van der Waals surface area contributed by atoms with Crippen LogP contribution in [0.5, 0.6) is 0 Å². The van der Waals surface area contributed by atoms with Gasteiger partial charge in [0.05, 0.1) is 6.61 Å². The van der Waals surface area contributed by atoms with Gasteiger partial charge in [-0.25, -0.2) is 0 Å². The maximum atomic E-state index is 10.8. The van der Waals surface area contributed by atoms with Crippen molar-refractivity contribution in [3.05, 3.63) is 0 Å². The van der Waals surface area contributed by atoms with E-state index in [1.807, 2.05) is 13.8 Å². The molecule has 0 amide bonds. The van der Waals surface area contributed by atoms with Gasteiger partial charge < -0.3 is 9.26 Å². The zero-order chi connectivity index (χ0) is 8.48. The maximum absolute atomic E-state index is 10.8. The van der Waals surface area contributed by atoms with Gasteiger partial charge in [-0.2, -0.15) is 0 Å². The predicted octanol–water partition coefficient (Wildman–Crippen LogP) is 1.42. The molecular formula is C6H13O4P. The summed E-state index contributed by atoms with van der Waals surface area (Å²) in [6.07, 6.45) is -0.414. The molecule has 0 aromatic heterocycles. The van der Waals surface area contributed by atoms with Gasteiger partial charge in [0.15, 0.2) is 6.29 Å². The highest BCUT2D eigenvalue weighted by molar-refractivity contribution is 7.33. The van der Waals surface area contributed by atoms with Crippen LogP contribution in [0.15, 0.2) is 0 Å². The first-order valence-electron chi connectivity index (χ1n) is 3.42. The van der Waals surface area contributed by atoms with E-state index in [2.05, 4.69) is 0 Å². The van der Waals surface area contributed by atoms with E-state index in [9.17, 15) is 4.57 Å². The van der Waals surface area contributed by atoms with E-state index in [4.69, 9.17) is 13.8 Å². The van der Waals surface area contributed by atoms with E-state index in [-0.39, 0.29) is 5.41 Å². The standard InChI is InChI=1S/C6H13O4P/c1-6(2)4-9-11(7)10-5(6)8-3/h5,11H,4H2,1-3H3. The lowest BCUT2D eigenvalue weighted by atomic mass is 9.94. The van der Waals surface area contributed by atoms with E-state index in [0.29, 0.717) is 6.61 Å². The largest absolute Gasteiger partial charge is 0.355 e. The molecule has 2 unspecified atom stereocenters. The van der Waals surface area contributed by atoms with Crippen LogP contribution in [0, 0.1) is 5.41 Å². The first-order valence-corrected chi connectivity index (χ1v) is 4.65. The van der Waals surface area contributed by atoms with Crippen LogP contribution in [0.1, 0.15) is 13.8 Å². The molecule has 1 heterocycles. The van der Waals surface area contributed by atoms with Crippen LogP contribution in [0.25, 0.3) is 0 Å². The molecule has 4 nitrogen and oxygen atoms in total. The van der Waals surface area contributed by atoms with Gasteiger partial charge in [-0.05, 0) is 0 Å². The van der Waals surface area contributed by atoms with Gasteiger partial charge in [-0.3, -0.25) is 9.09 Å². The molecule has 0 bridgehead atoms. The topological polar surface area (TPSA) is 44.8 Å². The Morgan fingerprint density at radius 1 is 1.64 bits per heavy atom. The molecule has 0 N–H and O–H groups in total. The Kier molecular flexibility index (Phi) is 2.70. The molecule has 1 aliphatic rings. The molecule has 0 aliphatic carbocycles. The maximum Gasteiger partial charge on any atom is 0.321 e. The molecule has 1 saturated heterocycles. The Labute approximate surface area is 66.8 Å². The van der Waals surface area contributed by atoms with Crippen molar-refractivity contribution in [3.8, 4) is 0 Å². The number of ether oxygens (including phenoxy) is 1. The van der Waals surface area contributed by atoms with Gasteiger partial charge in [-0.15, -0.1) is 0 Å². The lowest BCUT2D eigenvalue weighted by Crippen LogP contribution is -2.38. The van der Waals surface area contributed by atoms with Crippen LogP contribution in [0.4, 0.5) is 0 Å². The lowest BCUT2D eigenvalue weighted by Gasteiger charge is -2.35. The zero-order valence-corrected chi connectivity index (χ0v) is 7.92. The van der Waals surface area contributed by atoms with Crippen LogP contribution in [0.2, 0.25) is 0 Å². The van der Waals surface area contributed by atoms with Crippen molar-refractivity contribution in [2.45, 2.75) is 20.1 Å². The van der Waals surface area contributed by atoms with Crippen LogP contribution in [0.3, 0.4) is 0 Å². The average molecular weight is 180 g/mol. The summed E-state index contributed by atoms with van der Waals surface area (Å²) in [7, 11) is -0.764. The number of hydrogen-bond donors (Lipinski definition) is 0. The number of hydrogen-bond acceptors (Lipinski definition) is 4. The zero-order valence-electron chi connectivity index (χ0n) is 6.92. The van der Waals surface area contributed by atoms with Crippen molar-refractivity contribution in [2.24, 2.45) is 5.41 Å². The van der Waals surface area contributed by atoms with Crippen molar-refractivity contribution in [1.82, 2.24) is 0 Å². The van der Waals surface area contributed by atoms with Gasteiger partial charge in [0.25, 0.3) is 0 Å². The molecule has 66 valence electrons. The Hall–Kier alpha value is 0.110. The smallest absolute Gasteiger partial charge is 0.321 e. The van der Waals surface area contributed by atoms with Crippen molar-refractivity contribution < 1.29 is 18.3 Å². The second kappa shape index (κ2) is 3.23. The molecule has 1 rings (SSSR count). The molecule has 2 atom stereocenters. The van der Waals surface area contributed by atoms with Crippen LogP contribution in [-0.4, -0.2) is 20.0 Å². The second-order valence-corrected chi connectivity index (χ2v) is 4.24. The number of methoxy groups -OCH3 is 1. The molecule has 11 heavy (non-hydrogen) atoms.